The summed E-state index contributed by atoms with van der Waals surface area (Å²) in [5.41, 5.74) is 0.297. The van der Waals surface area contributed by atoms with Gasteiger partial charge in [-0.15, -0.1) is 0 Å². The van der Waals surface area contributed by atoms with Crippen LogP contribution >= 0.6 is 0 Å². The largest absolute Gasteiger partial charge is 0.433 e. The topological polar surface area (TPSA) is 54.3 Å². The Morgan fingerprint density at radius 1 is 1.29 bits per heavy atom. The molecule has 0 N–H and O–H groups in total. The Balaban J connectivity index is 1.65. The zero-order valence-corrected chi connectivity index (χ0v) is 13.0. The molecule has 2 aromatic heterocycles. The van der Waals surface area contributed by atoms with Gasteiger partial charge in [0, 0.05) is 39.1 Å². The minimum atomic E-state index is -4.47. The first-order valence-electron chi connectivity index (χ1n) is 7.36. The number of alkyl halides is 3. The molecule has 9 heteroatoms. The molecule has 6 nitrogen and oxygen atoms in total. The number of carbonyl (C=O) groups excluding carboxylic acids is 1. The number of piperazine rings is 1. The van der Waals surface area contributed by atoms with E-state index in [-0.39, 0.29) is 19.0 Å². The lowest BCUT2D eigenvalue weighted by atomic mass is 10.2. The number of anilines is 1. The predicted molar refractivity (Wildman–Crippen MR) is 80.1 cm³/mol. The first-order valence-corrected chi connectivity index (χ1v) is 7.36. The maximum atomic E-state index is 12.7. The summed E-state index contributed by atoms with van der Waals surface area (Å²) in [4.78, 5) is 19.1. The van der Waals surface area contributed by atoms with Gasteiger partial charge < -0.3 is 4.90 Å². The zero-order chi connectivity index (χ0) is 17.3. The highest BCUT2D eigenvalue weighted by molar-refractivity contribution is 5.95. The summed E-state index contributed by atoms with van der Waals surface area (Å²) in [5.74, 6) is -0.0978. The number of hydrogen-bond acceptors (Lipinski definition) is 4. The van der Waals surface area contributed by atoms with Gasteiger partial charge in [-0.2, -0.15) is 18.3 Å². The maximum Gasteiger partial charge on any atom is 0.433 e. The van der Waals surface area contributed by atoms with Gasteiger partial charge in [-0.05, 0) is 17.7 Å². The van der Waals surface area contributed by atoms with Gasteiger partial charge in [0.15, 0.2) is 0 Å². The summed E-state index contributed by atoms with van der Waals surface area (Å²) in [5, 5.41) is 4.04. The number of rotatable bonds is 3. The zero-order valence-electron chi connectivity index (χ0n) is 13.0. The molecule has 0 radical (unpaired) electrons. The van der Waals surface area contributed by atoms with Crippen LogP contribution < -0.4 is 4.90 Å². The summed E-state index contributed by atoms with van der Waals surface area (Å²) in [6.07, 6.45) is 0.0504. The van der Waals surface area contributed by atoms with Crippen LogP contribution in [0.2, 0.25) is 0 Å². The quantitative estimate of drug-likeness (QED) is 0.854. The normalized spacial score (nSPS) is 16.7. The van der Waals surface area contributed by atoms with Crippen molar-refractivity contribution in [1.29, 1.82) is 0 Å². The van der Waals surface area contributed by atoms with E-state index in [1.807, 2.05) is 4.90 Å². The van der Waals surface area contributed by atoms with Gasteiger partial charge in [0.05, 0.1) is 18.4 Å². The fourth-order valence-electron chi connectivity index (χ4n) is 2.66. The molecule has 0 unspecified atom stereocenters. The molecule has 1 fully saturated rings. The lowest BCUT2D eigenvalue weighted by molar-refractivity contribution is -0.141. The lowest BCUT2D eigenvalue weighted by Gasteiger charge is -2.33. The molecule has 1 aliphatic rings. The Morgan fingerprint density at radius 3 is 2.71 bits per heavy atom. The molecule has 24 heavy (non-hydrogen) atoms. The summed E-state index contributed by atoms with van der Waals surface area (Å²) in [7, 11) is 1.77. The smallest absolute Gasteiger partial charge is 0.307 e. The summed E-state index contributed by atoms with van der Waals surface area (Å²) in [6, 6.07) is 2.56. The number of aryl methyl sites for hydroxylation is 1. The molecule has 0 aliphatic carbocycles. The number of halogens is 3. The van der Waals surface area contributed by atoms with E-state index < -0.39 is 11.9 Å². The molecule has 3 rings (SSSR count). The Morgan fingerprint density at radius 2 is 2.08 bits per heavy atom. The fourth-order valence-corrected chi connectivity index (χ4v) is 2.66. The molecule has 3 heterocycles. The number of amides is 1. The van der Waals surface area contributed by atoms with Gasteiger partial charge in [-0.25, -0.2) is 0 Å². The van der Waals surface area contributed by atoms with E-state index in [0.717, 1.165) is 18.0 Å². The molecule has 0 bridgehead atoms. The van der Waals surface area contributed by atoms with Crippen LogP contribution in [0.5, 0.6) is 0 Å². The Bertz CT molecular complexity index is 743. The highest BCUT2D eigenvalue weighted by Crippen LogP contribution is 2.28. The van der Waals surface area contributed by atoms with E-state index in [1.54, 1.807) is 29.0 Å². The van der Waals surface area contributed by atoms with E-state index in [2.05, 4.69) is 10.1 Å². The standard InChI is InChI=1S/C15H16F3N5O/c1-21-9-12(7-20-21)23-5-4-22(10-14(23)24)8-11-2-3-19-13(6-11)15(16,17)18/h2-3,6-7,9H,4-5,8,10H2,1H3. The molecular weight excluding hydrogens is 323 g/mol. The number of nitrogens with zero attached hydrogens (tertiary/aromatic N) is 5. The van der Waals surface area contributed by atoms with E-state index in [1.165, 1.54) is 6.07 Å². The minimum absolute atomic E-state index is 0.0978. The minimum Gasteiger partial charge on any atom is -0.307 e. The summed E-state index contributed by atoms with van der Waals surface area (Å²) >= 11 is 0. The molecule has 2 aromatic rings. The van der Waals surface area contributed by atoms with Gasteiger partial charge in [0.25, 0.3) is 0 Å². The van der Waals surface area contributed by atoms with Crippen molar-refractivity contribution in [2.75, 3.05) is 24.5 Å². The number of carbonyl (C=O) groups is 1. The third-order valence-corrected chi connectivity index (χ3v) is 3.82. The van der Waals surface area contributed by atoms with E-state index in [9.17, 15) is 18.0 Å². The van der Waals surface area contributed by atoms with Gasteiger partial charge in [0.2, 0.25) is 5.91 Å². The summed E-state index contributed by atoms with van der Waals surface area (Å²) in [6.45, 7) is 1.48. The van der Waals surface area contributed by atoms with E-state index in [4.69, 9.17) is 0 Å². The monoisotopic (exact) mass is 339 g/mol. The predicted octanol–water partition coefficient (Wildman–Crippen LogP) is 1.68. The van der Waals surface area contributed by atoms with Crippen LogP contribution in [-0.2, 0) is 24.6 Å². The molecule has 1 amide bonds. The van der Waals surface area contributed by atoms with E-state index in [0.29, 0.717) is 18.7 Å². The van der Waals surface area contributed by atoms with Crippen LogP contribution in [-0.4, -0.2) is 45.2 Å². The highest BCUT2D eigenvalue weighted by Gasteiger charge is 2.33. The molecule has 128 valence electrons. The van der Waals surface area contributed by atoms with Gasteiger partial charge in [0.1, 0.15) is 5.69 Å². The average Bonchev–Trinajstić information content (AvgIpc) is 2.93. The molecule has 1 aliphatic heterocycles. The lowest BCUT2D eigenvalue weighted by Crippen LogP contribution is -2.50. The van der Waals surface area contributed by atoms with Gasteiger partial charge >= 0.3 is 6.18 Å². The molecule has 0 atom stereocenters. The van der Waals surface area contributed by atoms with Crippen LogP contribution in [0.3, 0.4) is 0 Å². The maximum absolute atomic E-state index is 12.7. The Hall–Kier alpha value is -2.42. The second kappa shape index (κ2) is 6.23. The molecule has 0 aromatic carbocycles. The molecular formula is C15H16F3N5O. The van der Waals surface area contributed by atoms with Gasteiger partial charge in [-0.3, -0.25) is 19.4 Å². The van der Waals surface area contributed by atoms with E-state index >= 15 is 0 Å². The van der Waals surface area contributed by atoms with Crippen molar-refractivity contribution in [1.82, 2.24) is 19.7 Å². The van der Waals surface area contributed by atoms with Crippen molar-refractivity contribution in [3.05, 3.63) is 42.0 Å². The third kappa shape index (κ3) is 3.56. The first-order chi connectivity index (χ1) is 11.3. The third-order valence-electron chi connectivity index (χ3n) is 3.82. The SMILES string of the molecule is Cn1cc(N2CCN(Cc3ccnc(C(F)(F)F)c3)CC2=O)cn1. The fraction of sp³-hybridized carbons (Fsp3) is 0.400. The highest BCUT2D eigenvalue weighted by atomic mass is 19.4. The van der Waals surface area contributed by atoms with Crippen LogP contribution in [0, 0.1) is 0 Å². The van der Waals surface area contributed by atoms with Crippen molar-refractivity contribution >= 4 is 11.6 Å². The average molecular weight is 339 g/mol. The van der Waals surface area contributed by atoms with Crippen molar-refractivity contribution in [2.24, 2.45) is 7.05 Å². The number of pyridine rings is 1. The van der Waals surface area contributed by atoms with Crippen LogP contribution in [0.4, 0.5) is 18.9 Å². The summed E-state index contributed by atoms with van der Waals surface area (Å²) < 4.78 is 39.7. The van der Waals surface area contributed by atoms with Crippen molar-refractivity contribution < 1.29 is 18.0 Å². The Kier molecular flexibility index (Phi) is 4.27. The van der Waals surface area contributed by atoms with Crippen LogP contribution in [0.25, 0.3) is 0 Å². The molecule has 0 saturated carbocycles. The second-order valence-electron chi connectivity index (χ2n) is 5.68. The second-order valence-corrected chi connectivity index (χ2v) is 5.68. The van der Waals surface area contributed by atoms with Crippen LogP contribution in [0.1, 0.15) is 11.3 Å². The van der Waals surface area contributed by atoms with Crippen molar-refractivity contribution in [3.63, 3.8) is 0 Å². The first kappa shape index (κ1) is 16.4. The van der Waals surface area contributed by atoms with Crippen molar-refractivity contribution in [3.8, 4) is 0 Å². The Labute approximate surface area is 136 Å². The number of aromatic nitrogens is 3. The molecule has 0 spiro atoms. The molecule has 1 saturated heterocycles. The van der Waals surface area contributed by atoms with Crippen molar-refractivity contribution in [2.45, 2.75) is 12.7 Å². The van der Waals surface area contributed by atoms with Gasteiger partial charge in [-0.1, -0.05) is 0 Å². The number of hydrogen-bond donors (Lipinski definition) is 0. The van der Waals surface area contributed by atoms with Crippen LogP contribution in [0.15, 0.2) is 30.7 Å².